The second-order valence-electron chi connectivity index (χ2n) is 11.9. The van der Waals surface area contributed by atoms with Crippen LogP contribution in [-0.4, -0.2) is 14.4 Å². The summed E-state index contributed by atoms with van der Waals surface area (Å²) in [6, 6.07) is 1.08. The van der Waals surface area contributed by atoms with Crippen LogP contribution in [0, 0.1) is 56.3 Å². The quantitative estimate of drug-likeness (QED) is 0.138. The summed E-state index contributed by atoms with van der Waals surface area (Å²) in [5.74, 6) is 5.17. The van der Waals surface area contributed by atoms with Crippen molar-refractivity contribution in [2.24, 2.45) is 41.4 Å². The molecule has 8 unspecified atom stereocenters. The minimum absolute atomic E-state index is 0. The van der Waals surface area contributed by atoms with Crippen LogP contribution in [0.4, 0.5) is 0 Å². The van der Waals surface area contributed by atoms with Crippen molar-refractivity contribution in [1.82, 2.24) is 0 Å². The van der Waals surface area contributed by atoms with Gasteiger partial charge in [-0.25, -0.2) is 0 Å². The first kappa shape index (κ1) is 35.4. The topological polar surface area (TPSA) is 9.23 Å². The van der Waals surface area contributed by atoms with Crippen molar-refractivity contribution in [3.8, 4) is 0 Å². The maximum atomic E-state index is 7.39. The van der Waals surface area contributed by atoms with E-state index in [9.17, 15) is 0 Å². The summed E-state index contributed by atoms with van der Waals surface area (Å²) in [5.41, 5.74) is 1.23. The Labute approximate surface area is 250 Å². The number of halogens is 2. The Morgan fingerprint density at radius 1 is 0.865 bits per heavy atom. The van der Waals surface area contributed by atoms with Gasteiger partial charge in [0.2, 0.25) is 8.32 Å². The first-order valence-electron chi connectivity index (χ1n) is 13.7. The Kier molecular flexibility index (Phi) is 15.8. The van der Waals surface area contributed by atoms with E-state index in [0.29, 0.717) is 34.9 Å². The van der Waals surface area contributed by atoms with Gasteiger partial charge in [-0.2, -0.15) is 0 Å². The summed E-state index contributed by atoms with van der Waals surface area (Å²) in [4.78, 5) is 0. The molecule has 0 bridgehead atoms. The van der Waals surface area contributed by atoms with E-state index in [4.69, 9.17) is 21.5 Å². The van der Waals surface area contributed by atoms with Gasteiger partial charge in [-0.3, -0.25) is 0 Å². The summed E-state index contributed by atoms with van der Waals surface area (Å²) in [7, 11) is 7.96. The molecule has 4 aliphatic carbocycles. The van der Waals surface area contributed by atoms with Gasteiger partial charge >= 0.3 is 37.9 Å². The molecule has 0 amide bonds. The van der Waals surface area contributed by atoms with E-state index >= 15 is 0 Å². The van der Waals surface area contributed by atoms with Crippen LogP contribution in [0.15, 0.2) is 61.3 Å². The molecule has 4 rings (SSSR count). The molecular formula is C32H52Cl2OSiZr. The van der Waals surface area contributed by atoms with Crippen molar-refractivity contribution in [3.63, 3.8) is 0 Å². The van der Waals surface area contributed by atoms with Crippen LogP contribution in [0.1, 0.15) is 60.3 Å². The molecule has 4 aliphatic rings. The Morgan fingerprint density at radius 3 is 1.84 bits per heavy atom. The van der Waals surface area contributed by atoms with E-state index in [1.807, 2.05) is 0 Å². The van der Waals surface area contributed by atoms with Gasteiger partial charge in [-0.1, -0.05) is 89.3 Å². The molecule has 37 heavy (non-hydrogen) atoms. The van der Waals surface area contributed by atoms with E-state index in [1.165, 1.54) is 25.7 Å². The van der Waals surface area contributed by atoms with Crippen LogP contribution < -0.4 is 0 Å². The third-order valence-corrected chi connectivity index (χ3v) is 15.1. The van der Waals surface area contributed by atoms with E-state index in [-0.39, 0.29) is 14.9 Å². The average Bonchev–Trinajstić information content (AvgIpc) is 3.33. The molecule has 1 nitrogen and oxygen atoms in total. The van der Waals surface area contributed by atoms with Crippen molar-refractivity contribution in [2.75, 3.05) is 0 Å². The van der Waals surface area contributed by atoms with Crippen molar-refractivity contribution in [3.05, 3.63) is 76.1 Å². The van der Waals surface area contributed by atoms with Crippen LogP contribution in [0.25, 0.3) is 0 Å². The monoisotopic (exact) mass is 640 g/mol. The van der Waals surface area contributed by atoms with E-state index in [0.717, 1.165) is 29.7 Å². The van der Waals surface area contributed by atoms with Crippen LogP contribution >= 0.6 is 17.0 Å². The first-order valence-corrected chi connectivity index (χ1v) is 22.3. The average molecular weight is 643 g/mol. The van der Waals surface area contributed by atoms with Crippen LogP contribution in [-0.2, 0) is 25.3 Å². The molecule has 0 heterocycles. The molecule has 0 aromatic heterocycles. The van der Waals surface area contributed by atoms with Crippen molar-refractivity contribution >= 4 is 25.3 Å². The molecule has 2 saturated carbocycles. The van der Waals surface area contributed by atoms with Crippen molar-refractivity contribution < 1.29 is 25.3 Å². The van der Waals surface area contributed by atoms with Crippen LogP contribution in [0.5, 0.6) is 0 Å². The summed E-state index contributed by atoms with van der Waals surface area (Å²) in [5, 5.41) is 0. The molecule has 0 N–H and O–H groups in total. The number of fused-ring (bicyclic) bond motifs is 2. The Morgan fingerprint density at radius 2 is 1.32 bits per heavy atom. The van der Waals surface area contributed by atoms with Crippen molar-refractivity contribution in [1.29, 1.82) is 0 Å². The van der Waals surface area contributed by atoms with Gasteiger partial charge in [0, 0.05) is 6.10 Å². The molecule has 0 aromatic rings. The van der Waals surface area contributed by atoms with Crippen LogP contribution in [0.3, 0.4) is 0 Å². The third kappa shape index (κ3) is 8.19. The number of allylic oxidation sites excluding steroid dienone is 9. The normalized spacial score (nSPS) is 33.1. The Hall–Kier alpha value is 0.340. The van der Waals surface area contributed by atoms with Crippen LogP contribution in [0.2, 0.25) is 17.1 Å². The molecule has 2 fully saturated rings. The third-order valence-electron chi connectivity index (χ3n) is 9.56. The molecule has 0 radical (unpaired) electrons. The zero-order valence-corrected chi connectivity index (χ0v) is 29.3. The molecule has 0 saturated heterocycles. The van der Waals surface area contributed by atoms with E-state index in [2.05, 4.69) is 95.9 Å². The first-order chi connectivity index (χ1) is 16.8. The van der Waals surface area contributed by atoms with Gasteiger partial charge in [0.25, 0.3) is 0 Å². The molecule has 8 atom stereocenters. The number of rotatable bonds is 9. The SMILES string of the molecule is C=CC[Si](OC1CC2C=CC=CC2C1CCC1C(C)CC2C=CC=CC21)(C(C)C)C(C)C.[CH3-].[CH3-].[Cl][Zr+2][Cl]. The van der Waals surface area contributed by atoms with E-state index in [1.54, 1.807) is 0 Å². The molecule has 5 heteroatoms. The maximum absolute atomic E-state index is 7.39. The van der Waals surface area contributed by atoms with Gasteiger partial charge in [-0.15, -0.1) is 6.58 Å². The summed E-state index contributed by atoms with van der Waals surface area (Å²) in [6.07, 6.45) is 26.8. The van der Waals surface area contributed by atoms with Gasteiger partial charge in [0.1, 0.15) is 0 Å². The fraction of sp³-hybridized carbons (Fsp3) is 0.625. The molecular weight excluding hydrogens is 591 g/mol. The second-order valence-corrected chi connectivity index (χ2v) is 20.5. The number of hydrogen-bond donors (Lipinski definition) is 0. The zero-order valence-electron chi connectivity index (χ0n) is 24.4. The predicted octanol–water partition coefficient (Wildman–Crippen LogP) is 10.8. The minimum atomic E-state index is -1.91. The summed E-state index contributed by atoms with van der Waals surface area (Å²) >= 11 is -0.826. The van der Waals surface area contributed by atoms with Gasteiger partial charge in [-0.05, 0) is 84.2 Å². The fourth-order valence-electron chi connectivity index (χ4n) is 7.75. The standard InChI is InChI=1S/C30H46OSi.2CH3.2ClH.Zr/c1-7-18-32(21(2)3,22(4)5)31-30-20-25-13-9-11-15-28(25)29(30)17-16-26-23(6)19-24-12-8-10-14-27(24)26;;;;;/h7-15,21-30H,1,16-20H2,2-6H3;2*1H3;2*1H;/q;2*-1;;;+4/p-2. The molecule has 0 aliphatic heterocycles. The Bertz CT molecular complexity index is 797. The second kappa shape index (κ2) is 16.6. The molecule has 0 aromatic carbocycles. The van der Waals surface area contributed by atoms with E-state index < -0.39 is 29.2 Å². The Balaban J connectivity index is 0.00000131. The van der Waals surface area contributed by atoms with Gasteiger partial charge < -0.3 is 19.3 Å². The zero-order chi connectivity index (χ0) is 25.6. The summed E-state index contributed by atoms with van der Waals surface area (Å²) < 4.78 is 7.39. The van der Waals surface area contributed by atoms with Crippen molar-refractivity contribution in [2.45, 2.75) is 83.5 Å². The van der Waals surface area contributed by atoms with Gasteiger partial charge in [0.05, 0.1) is 0 Å². The molecule has 208 valence electrons. The molecule has 0 spiro atoms. The fourth-order valence-corrected chi connectivity index (χ4v) is 12.0. The summed E-state index contributed by atoms with van der Waals surface area (Å²) in [6.45, 7) is 16.2. The predicted molar refractivity (Wildman–Crippen MR) is 165 cm³/mol. The number of hydrogen-bond acceptors (Lipinski definition) is 1. The van der Waals surface area contributed by atoms with Gasteiger partial charge in [0.15, 0.2) is 0 Å².